The van der Waals surface area contributed by atoms with Crippen LogP contribution in [0.4, 0.5) is 11.4 Å². The number of carbonyl (C=O) groups is 2. The van der Waals surface area contributed by atoms with E-state index < -0.39 is 0 Å². The topological polar surface area (TPSA) is 94.0 Å². The number of hydrogen-bond acceptors (Lipinski definition) is 5. The lowest BCUT2D eigenvalue weighted by atomic mass is 9.95. The van der Waals surface area contributed by atoms with Crippen LogP contribution in [0.2, 0.25) is 0 Å². The lowest BCUT2D eigenvalue weighted by molar-refractivity contribution is -0.114. The summed E-state index contributed by atoms with van der Waals surface area (Å²) in [6.07, 6.45) is 5.71. The van der Waals surface area contributed by atoms with Crippen LogP contribution in [-0.2, 0) is 4.79 Å². The second-order valence-electron chi connectivity index (χ2n) is 7.68. The number of aryl methyl sites for hydroxylation is 1. The van der Waals surface area contributed by atoms with E-state index in [9.17, 15) is 9.59 Å². The van der Waals surface area contributed by atoms with Gasteiger partial charge in [-0.3, -0.25) is 9.59 Å². The number of rotatable bonds is 8. The summed E-state index contributed by atoms with van der Waals surface area (Å²) in [6.45, 7) is 2.02. The molecule has 0 aromatic heterocycles. The molecule has 6 nitrogen and oxygen atoms in total. The van der Waals surface area contributed by atoms with Gasteiger partial charge in [-0.05, 0) is 55.7 Å². The first kappa shape index (κ1) is 22.7. The number of carbonyl (C=O) groups excluding carboxylic acids is 2. The Balaban J connectivity index is 1.54. The molecule has 1 fully saturated rings. The third-order valence-corrected chi connectivity index (χ3v) is 6.26. The lowest BCUT2D eigenvalue weighted by Crippen LogP contribution is -2.36. The van der Waals surface area contributed by atoms with Crippen molar-refractivity contribution < 1.29 is 9.59 Å². The number of amides is 2. The lowest BCUT2D eigenvalue weighted by Gasteiger charge is -2.23. The number of nitriles is 1. The maximum Gasteiger partial charge on any atom is 0.251 e. The number of thioether (sulfide) groups is 1. The quantitative estimate of drug-likeness (QED) is 0.521. The molecule has 3 N–H and O–H groups in total. The van der Waals surface area contributed by atoms with Gasteiger partial charge in [-0.15, -0.1) is 11.8 Å². The van der Waals surface area contributed by atoms with Crippen LogP contribution in [0.5, 0.6) is 0 Å². The SMILES string of the molecule is Cc1cc(C(=O)NC2CCCCC2)ccc1NCC(=O)Nc1ccccc1SCC#N. The van der Waals surface area contributed by atoms with E-state index in [1.54, 1.807) is 6.07 Å². The Labute approximate surface area is 187 Å². The molecular weight excluding hydrogens is 408 g/mol. The zero-order valence-corrected chi connectivity index (χ0v) is 18.6. The smallest absolute Gasteiger partial charge is 0.251 e. The van der Waals surface area contributed by atoms with Crippen molar-refractivity contribution in [1.29, 1.82) is 5.26 Å². The molecule has 31 heavy (non-hydrogen) atoms. The minimum absolute atomic E-state index is 0.0363. The fraction of sp³-hybridized carbons (Fsp3) is 0.375. The van der Waals surface area contributed by atoms with Gasteiger partial charge in [0.2, 0.25) is 5.91 Å². The van der Waals surface area contributed by atoms with Gasteiger partial charge in [0, 0.05) is 22.2 Å². The number of nitrogens with zero attached hydrogens (tertiary/aromatic N) is 1. The van der Waals surface area contributed by atoms with Gasteiger partial charge >= 0.3 is 0 Å². The molecule has 1 aliphatic carbocycles. The van der Waals surface area contributed by atoms with Crippen LogP contribution in [0.25, 0.3) is 0 Å². The molecule has 7 heteroatoms. The Kier molecular flexibility index (Phi) is 8.36. The molecule has 3 rings (SSSR count). The van der Waals surface area contributed by atoms with Crippen molar-refractivity contribution in [3.8, 4) is 6.07 Å². The van der Waals surface area contributed by atoms with Crippen molar-refractivity contribution in [3.63, 3.8) is 0 Å². The first-order valence-electron chi connectivity index (χ1n) is 10.6. The van der Waals surface area contributed by atoms with E-state index in [2.05, 4.69) is 22.0 Å². The van der Waals surface area contributed by atoms with E-state index in [1.807, 2.05) is 43.3 Å². The van der Waals surface area contributed by atoms with Gasteiger partial charge in [0.1, 0.15) is 0 Å². The fourth-order valence-electron chi connectivity index (χ4n) is 3.69. The van der Waals surface area contributed by atoms with Crippen LogP contribution in [0, 0.1) is 18.3 Å². The van der Waals surface area contributed by atoms with Crippen molar-refractivity contribution in [3.05, 3.63) is 53.6 Å². The summed E-state index contributed by atoms with van der Waals surface area (Å²) >= 11 is 1.39. The Morgan fingerprint density at radius 1 is 1.10 bits per heavy atom. The van der Waals surface area contributed by atoms with Crippen LogP contribution in [0.3, 0.4) is 0 Å². The van der Waals surface area contributed by atoms with Gasteiger partial charge in [0.15, 0.2) is 0 Å². The highest BCUT2D eigenvalue weighted by molar-refractivity contribution is 7.99. The van der Waals surface area contributed by atoms with Crippen molar-refractivity contribution in [1.82, 2.24) is 5.32 Å². The molecule has 2 aromatic carbocycles. The van der Waals surface area contributed by atoms with Crippen LogP contribution >= 0.6 is 11.8 Å². The summed E-state index contributed by atoms with van der Waals surface area (Å²) in [7, 11) is 0. The Morgan fingerprint density at radius 2 is 1.87 bits per heavy atom. The van der Waals surface area contributed by atoms with Gasteiger partial charge in [-0.25, -0.2) is 0 Å². The fourth-order valence-corrected chi connectivity index (χ4v) is 4.36. The van der Waals surface area contributed by atoms with E-state index in [-0.39, 0.29) is 24.4 Å². The van der Waals surface area contributed by atoms with Crippen LogP contribution < -0.4 is 16.0 Å². The molecule has 162 valence electrons. The van der Waals surface area contributed by atoms with Crippen molar-refractivity contribution in [2.45, 2.75) is 50.0 Å². The molecular formula is C24H28N4O2S. The number of para-hydroxylation sites is 1. The predicted octanol–water partition coefficient (Wildman–Crippen LogP) is 4.72. The van der Waals surface area contributed by atoms with Gasteiger partial charge in [-0.2, -0.15) is 5.26 Å². The molecule has 2 amide bonds. The third-order valence-electron chi connectivity index (χ3n) is 5.32. The van der Waals surface area contributed by atoms with Crippen molar-refractivity contribution in [2.24, 2.45) is 0 Å². The zero-order valence-electron chi connectivity index (χ0n) is 17.7. The van der Waals surface area contributed by atoms with Gasteiger partial charge < -0.3 is 16.0 Å². The summed E-state index contributed by atoms with van der Waals surface area (Å²) in [4.78, 5) is 25.8. The maximum atomic E-state index is 12.5. The average molecular weight is 437 g/mol. The Bertz CT molecular complexity index is 964. The molecule has 0 bridgehead atoms. The van der Waals surface area contributed by atoms with Gasteiger partial charge in [0.25, 0.3) is 5.91 Å². The van der Waals surface area contributed by atoms with Crippen LogP contribution in [0.1, 0.15) is 48.0 Å². The van der Waals surface area contributed by atoms with Crippen molar-refractivity contribution >= 4 is 35.0 Å². The minimum Gasteiger partial charge on any atom is -0.376 e. The Hall–Kier alpha value is -2.98. The molecule has 0 unspecified atom stereocenters. The van der Waals surface area contributed by atoms with E-state index in [0.717, 1.165) is 29.0 Å². The summed E-state index contributed by atoms with van der Waals surface area (Å²) in [5, 5.41) is 17.9. The molecule has 0 saturated heterocycles. The maximum absolute atomic E-state index is 12.5. The first-order valence-corrected chi connectivity index (χ1v) is 11.6. The Morgan fingerprint density at radius 3 is 2.61 bits per heavy atom. The van der Waals surface area contributed by atoms with E-state index in [0.29, 0.717) is 17.0 Å². The van der Waals surface area contributed by atoms with E-state index in [4.69, 9.17) is 5.26 Å². The standard InChI is InChI=1S/C24H28N4O2S/c1-17-15-18(24(30)27-19-7-3-2-4-8-19)11-12-20(17)26-16-23(29)28-21-9-5-6-10-22(21)31-14-13-25/h5-6,9-12,15,19,26H,2-4,7-8,14,16H2,1H3,(H,27,30)(H,28,29). The molecule has 1 saturated carbocycles. The molecule has 0 spiro atoms. The van der Waals surface area contributed by atoms with Gasteiger partial charge in [-0.1, -0.05) is 31.4 Å². The molecule has 1 aliphatic rings. The average Bonchev–Trinajstić information content (AvgIpc) is 2.78. The highest BCUT2D eigenvalue weighted by atomic mass is 32.2. The minimum atomic E-state index is -0.177. The molecule has 0 aliphatic heterocycles. The van der Waals surface area contributed by atoms with Gasteiger partial charge in [0.05, 0.1) is 24.1 Å². The molecule has 0 heterocycles. The molecule has 2 aromatic rings. The molecule has 0 radical (unpaired) electrons. The number of nitrogens with one attached hydrogen (secondary N) is 3. The van der Waals surface area contributed by atoms with Crippen molar-refractivity contribution in [2.75, 3.05) is 22.9 Å². The summed E-state index contributed by atoms with van der Waals surface area (Å²) < 4.78 is 0. The summed E-state index contributed by atoms with van der Waals surface area (Å²) in [5.41, 5.74) is 3.06. The highest BCUT2D eigenvalue weighted by Crippen LogP contribution is 2.26. The van der Waals surface area contributed by atoms with E-state index in [1.165, 1.54) is 31.0 Å². The van der Waals surface area contributed by atoms with E-state index >= 15 is 0 Å². The largest absolute Gasteiger partial charge is 0.376 e. The monoisotopic (exact) mass is 436 g/mol. The summed E-state index contributed by atoms with van der Waals surface area (Å²) in [6, 6.07) is 15.3. The normalized spacial score (nSPS) is 13.8. The van der Waals surface area contributed by atoms with Crippen LogP contribution in [0.15, 0.2) is 47.4 Å². The third kappa shape index (κ3) is 6.76. The molecule has 0 atom stereocenters. The zero-order chi connectivity index (χ0) is 22.1. The number of hydrogen-bond donors (Lipinski definition) is 3. The highest BCUT2D eigenvalue weighted by Gasteiger charge is 2.17. The number of benzene rings is 2. The predicted molar refractivity (Wildman–Crippen MR) is 125 cm³/mol. The second-order valence-corrected chi connectivity index (χ2v) is 8.70. The van der Waals surface area contributed by atoms with Crippen LogP contribution in [-0.4, -0.2) is 30.2 Å². The second kappa shape index (κ2) is 11.4. The summed E-state index contributed by atoms with van der Waals surface area (Å²) in [5.74, 6) is 0.111. The number of anilines is 2. The first-order chi connectivity index (χ1) is 15.1.